The summed E-state index contributed by atoms with van der Waals surface area (Å²) in [6, 6.07) is 0. The van der Waals surface area contributed by atoms with Gasteiger partial charge >= 0.3 is 0 Å². The van der Waals surface area contributed by atoms with Gasteiger partial charge in [-0.25, -0.2) is 0 Å². The van der Waals surface area contributed by atoms with E-state index in [1.807, 2.05) is 0 Å². The molecule has 1 heterocycles. The highest BCUT2D eigenvalue weighted by Crippen LogP contribution is 2.26. The maximum Gasteiger partial charge on any atom is 0.289 e. The number of rotatable bonds is 2. The first kappa shape index (κ1) is 6.28. The lowest BCUT2D eigenvalue weighted by Gasteiger charge is -1.93. The van der Waals surface area contributed by atoms with Crippen molar-refractivity contribution in [3.05, 3.63) is 0 Å². The van der Waals surface area contributed by atoms with Crippen molar-refractivity contribution in [3.63, 3.8) is 0 Å². The first-order chi connectivity index (χ1) is 4.38. The standard InChI is InChI=1S/C4H6N2O2S/c1-7-3-4(8-2)9-6-5-3/h1-2H3. The molecular formula is C4H6N2O2S. The summed E-state index contributed by atoms with van der Waals surface area (Å²) < 4.78 is 13.2. The van der Waals surface area contributed by atoms with Crippen LogP contribution in [0.3, 0.4) is 0 Å². The molecule has 1 aromatic heterocycles. The Hall–Kier alpha value is -0.840. The average Bonchev–Trinajstić information content (AvgIpc) is 2.33. The minimum atomic E-state index is 0.447. The van der Waals surface area contributed by atoms with Gasteiger partial charge in [0.15, 0.2) is 0 Å². The van der Waals surface area contributed by atoms with Crippen molar-refractivity contribution >= 4 is 11.5 Å². The maximum atomic E-state index is 4.84. The van der Waals surface area contributed by atoms with Crippen LogP contribution in [0.4, 0.5) is 0 Å². The molecule has 0 aromatic carbocycles. The molecule has 0 radical (unpaired) electrons. The zero-order valence-electron chi connectivity index (χ0n) is 5.12. The first-order valence-corrected chi connectivity index (χ1v) is 3.06. The molecule has 0 bridgehead atoms. The Kier molecular flexibility index (Phi) is 1.84. The van der Waals surface area contributed by atoms with Gasteiger partial charge in [-0.05, 0) is 0 Å². The van der Waals surface area contributed by atoms with Gasteiger partial charge in [0.25, 0.3) is 10.9 Å². The fourth-order valence-electron chi connectivity index (χ4n) is 0.423. The van der Waals surface area contributed by atoms with E-state index in [9.17, 15) is 0 Å². The van der Waals surface area contributed by atoms with Crippen molar-refractivity contribution in [1.29, 1.82) is 0 Å². The van der Waals surface area contributed by atoms with Crippen LogP contribution in [0.2, 0.25) is 0 Å². The third kappa shape index (κ3) is 1.10. The highest BCUT2D eigenvalue weighted by atomic mass is 32.1. The number of hydrogen-bond acceptors (Lipinski definition) is 5. The zero-order valence-corrected chi connectivity index (χ0v) is 5.94. The molecule has 4 nitrogen and oxygen atoms in total. The topological polar surface area (TPSA) is 44.2 Å². The third-order valence-corrected chi connectivity index (χ3v) is 1.48. The largest absolute Gasteiger partial charge is 0.482 e. The lowest BCUT2D eigenvalue weighted by atomic mass is 10.8. The summed E-state index contributed by atoms with van der Waals surface area (Å²) >= 11 is 1.17. The Balaban J connectivity index is 2.85. The van der Waals surface area contributed by atoms with Gasteiger partial charge < -0.3 is 9.47 Å². The highest BCUT2D eigenvalue weighted by Gasteiger charge is 2.05. The fourth-order valence-corrected chi connectivity index (χ4v) is 0.889. The predicted molar refractivity (Wildman–Crippen MR) is 33.0 cm³/mol. The molecule has 0 fully saturated rings. The molecule has 0 amide bonds. The predicted octanol–water partition coefficient (Wildman–Crippen LogP) is 0.555. The van der Waals surface area contributed by atoms with E-state index in [4.69, 9.17) is 9.47 Å². The second kappa shape index (κ2) is 2.63. The quantitative estimate of drug-likeness (QED) is 0.611. The lowest BCUT2D eigenvalue weighted by Crippen LogP contribution is -1.86. The van der Waals surface area contributed by atoms with E-state index in [0.717, 1.165) is 0 Å². The Morgan fingerprint density at radius 1 is 1.33 bits per heavy atom. The highest BCUT2D eigenvalue weighted by molar-refractivity contribution is 7.07. The van der Waals surface area contributed by atoms with Gasteiger partial charge in [0.1, 0.15) is 0 Å². The van der Waals surface area contributed by atoms with E-state index >= 15 is 0 Å². The maximum absolute atomic E-state index is 4.84. The fraction of sp³-hybridized carbons (Fsp3) is 0.500. The van der Waals surface area contributed by atoms with Gasteiger partial charge in [-0.15, -0.1) is 0 Å². The van der Waals surface area contributed by atoms with E-state index in [0.29, 0.717) is 10.9 Å². The van der Waals surface area contributed by atoms with Crippen molar-refractivity contribution in [2.45, 2.75) is 0 Å². The Morgan fingerprint density at radius 2 is 2.11 bits per heavy atom. The molecule has 0 saturated heterocycles. The van der Waals surface area contributed by atoms with E-state index in [1.54, 1.807) is 7.11 Å². The number of hydrogen-bond donors (Lipinski definition) is 0. The smallest absolute Gasteiger partial charge is 0.289 e. The summed E-state index contributed by atoms with van der Waals surface area (Å²) in [5.41, 5.74) is 0. The number of nitrogens with zero attached hydrogens (tertiary/aromatic N) is 2. The number of aromatic nitrogens is 2. The van der Waals surface area contributed by atoms with E-state index < -0.39 is 0 Å². The molecule has 0 N–H and O–H groups in total. The van der Waals surface area contributed by atoms with Crippen molar-refractivity contribution in [3.8, 4) is 10.9 Å². The van der Waals surface area contributed by atoms with Crippen LogP contribution in [0, 0.1) is 0 Å². The van der Waals surface area contributed by atoms with Crippen LogP contribution in [-0.4, -0.2) is 23.8 Å². The van der Waals surface area contributed by atoms with Gasteiger partial charge in [-0.2, -0.15) is 0 Å². The van der Waals surface area contributed by atoms with Gasteiger partial charge in [0.05, 0.1) is 14.2 Å². The Labute approximate surface area is 56.6 Å². The average molecular weight is 146 g/mol. The van der Waals surface area contributed by atoms with Gasteiger partial charge in [-0.1, -0.05) is 9.59 Å². The van der Waals surface area contributed by atoms with E-state index in [1.165, 1.54) is 18.6 Å². The summed E-state index contributed by atoms with van der Waals surface area (Å²) in [5.74, 6) is 0.447. The Morgan fingerprint density at radius 3 is 2.56 bits per heavy atom. The first-order valence-electron chi connectivity index (χ1n) is 2.29. The molecule has 50 valence electrons. The van der Waals surface area contributed by atoms with Gasteiger partial charge in [0, 0.05) is 11.5 Å². The van der Waals surface area contributed by atoms with Crippen LogP contribution in [0.25, 0.3) is 0 Å². The van der Waals surface area contributed by atoms with Crippen molar-refractivity contribution < 1.29 is 9.47 Å². The van der Waals surface area contributed by atoms with Gasteiger partial charge in [0.2, 0.25) is 0 Å². The van der Waals surface area contributed by atoms with Crippen LogP contribution < -0.4 is 9.47 Å². The van der Waals surface area contributed by atoms with Crippen LogP contribution in [-0.2, 0) is 0 Å². The van der Waals surface area contributed by atoms with E-state index in [-0.39, 0.29) is 0 Å². The molecule has 5 heteroatoms. The van der Waals surface area contributed by atoms with E-state index in [2.05, 4.69) is 9.59 Å². The molecule has 1 rings (SSSR count). The molecule has 0 aliphatic heterocycles. The van der Waals surface area contributed by atoms with Crippen LogP contribution in [0.1, 0.15) is 0 Å². The minimum absolute atomic E-state index is 0.447. The zero-order chi connectivity index (χ0) is 6.69. The second-order valence-electron chi connectivity index (χ2n) is 1.27. The summed E-state index contributed by atoms with van der Waals surface area (Å²) in [6.45, 7) is 0. The molecule has 0 spiro atoms. The summed E-state index contributed by atoms with van der Waals surface area (Å²) in [6.07, 6.45) is 0. The minimum Gasteiger partial charge on any atom is -0.482 e. The second-order valence-corrected chi connectivity index (χ2v) is 1.99. The number of ether oxygens (including phenoxy) is 2. The molecule has 0 unspecified atom stereocenters. The van der Waals surface area contributed by atoms with Crippen LogP contribution in [0.5, 0.6) is 10.9 Å². The third-order valence-electron chi connectivity index (χ3n) is 0.809. The molecule has 0 aliphatic carbocycles. The molecular weight excluding hydrogens is 140 g/mol. The molecule has 0 atom stereocenters. The SMILES string of the molecule is COc1nnsc1OC. The summed E-state index contributed by atoms with van der Waals surface area (Å²) in [7, 11) is 3.08. The monoisotopic (exact) mass is 146 g/mol. The molecule has 1 aromatic rings. The lowest BCUT2D eigenvalue weighted by molar-refractivity contribution is 0.351. The van der Waals surface area contributed by atoms with Crippen molar-refractivity contribution in [2.24, 2.45) is 0 Å². The molecule has 0 saturated carbocycles. The van der Waals surface area contributed by atoms with Gasteiger partial charge in [-0.3, -0.25) is 0 Å². The normalized spacial score (nSPS) is 9.11. The van der Waals surface area contributed by atoms with Crippen LogP contribution >= 0.6 is 11.5 Å². The molecule has 0 aliphatic rings. The summed E-state index contributed by atoms with van der Waals surface area (Å²) in [5, 5.41) is 4.24. The van der Waals surface area contributed by atoms with Crippen molar-refractivity contribution in [1.82, 2.24) is 9.59 Å². The van der Waals surface area contributed by atoms with Crippen LogP contribution in [0.15, 0.2) is 0 Å². The van der Waals surface area contributed by atoms with Crippen molar-refractivity contribution in [2.75, 3.05) is 14.2 Å². The number of methoxy groups -OCH3 is 2. The molecule has 9 heavy (non-hydrogen) atoms. The summed E-state index contributed by atoms with van der Waals surface area (Å²) in [4.78, 5) is 0. The Bertz CT molecular complexity index is 170.